The number of pyridine rings is 1. The van der Waals surface area contributed by atoms with Gasteiger partial charge in [-0.1, -0.05) is 0 Å². The van der Waals surface area contributed by atoms with Gasteiger partial charge in [-0.05, 0) is 25.0 Å². The predicted molar refractivity (Wildman–Crippen MR) is 73.1 cm³/mol. The second-order valence-corrected chi connectivity index (χ2v) is 5.26. The van der Waals surface area contributed by atoms with Gasteiger partial charge in [0.25, 0.3) is 5.91 Å². The minimum Gasteiger partial charge on any atom is -0.338 e. The Hall–Kier alpha value is -2.31. The van der Waals surface area contributed by atoms with E-state index in [0.717, 1.165) is 18.7 Å². The van der Waals surface area contributed by atoms with Crippen LogP contribution in [0.2, 0.25) is 0 Å². The van der Waals surface area contributed by atoms with Gasteiger partial charge in [0.1, 0.15) is 12.2 Å². The van der Waals surface area contributed by atoms with E-state index < -0.39 is 5.95 Å². The van der Waals surface area contributed by atoms with Crippen molar-refractivity contribution in [2.24, 2.45) is 7.05 Å². The van der Waals surface area contributed by atoms with E-state index in [1.54, 1.807) is 11.2 Å². The lowest BCUT2D eigenvalue weighted by atomic mass is 9.96. The molecule has 0 spiro atoms. The molecule has 1 amide bonds. The molecule has 2 aromatic heterocycles. The molecule has 1 saturated heterocycles. The van der Waals surface area contributed by atoms with Crippen LogP contribution in [0.5, 0.6) is 0 Å². The van der Waals surface area contributed by atoms with E-state index in [1.807, 2.05) is 11.6 Å². The Bertz CT molecular complexity index is 639. The molecule has 3 heterocycles. The summed E-state index contributed by atoms with van der Waals surface area (Å²) in [5.41, 5.74) is 0.412. The molecule has 0 aromatic carbocycles. The molecule has 0 aliphatic carbocycles. The highest BCUT2D eigenvalue weighted by Crippen LogP contribution is 2.25. The molecule has 1 atom stereocenters. The first-order valence-corrected chi connectivity index (χ1v) is 6.90. The lowest BCUT2D eigenvalue weighted by Crippen LogP contribution is -2.39. The predicted octanol–water partition coefficient (Wildman–Crippen LogP) is 1.37. The topological polar surface area (TPSA) is 63.9 Å². The largest absolute Gasteiger partial charge is 0.338 e. The average molecular weight is 289 g/mol. The second kappa shape index (κ2) is 5.59. The zero-order valence-electron chi connectivity index (χ0n) is 11.7. The van der Waals surface area contributed by atoms with Gasteiger partial charge in [0.15, 0.2) is 0 Å². The minimum absolute atomic E-state index is 0.116. The third-order valence-corrected chi connectivity index (χ3v) is 3.79. The van der Waals surface area contributed by atoms with Crippen molar-refractivity contribution in [1.82, 2.24) is 24.6 Å². The number of carbonyl (C=O) groups excluding carboxylic acids is 1. The van der Waals surface area contributed by atoms with Gasteiger partial charge in [-0.2, -0.15) is 4.39 Å². The maximum absolute atomic E-state index is 12.8. The van der Waals surface area contributed by atoms with Gasteiger partial charge in [-0.15, -0.1) is 10.2 Å². The van der Waals surface area contributed by atoms with Crippen LogP contribution in [0.4, 0.5) is 4.39 Å². The number of rotatable bonds is 2. The first-order valence-electron chi connectivity index (χ1n) is 6.90. The minimum atomic E-state index is -0.581. The SMILES string of the molecule is Cn1cnnc1C1CCCN(C(=O)c2ccc(F)nc2)C1. The van der Waals surface area contributed by atoms with E-state index >= 15 is 0 Å². The van der Waals surface area contributed by atoms with E-state index in [2.05, 4.69) is 15.2 Å². The molecule has 1 unspecified atom stereocenters. The van der Waals surface area contributed by atoms with Crippen LogP contribution in [-0.4, -0.2) is 43.6 Å². The number of aromatic nitrogens is 4. The van der Waals surface area contributed by atoms with E-state index in [1.165, 1.54) is 18.3 Å². The number of amides is 1. The van der Waals surface area contributed by atoms with Gasteiger partial charge in [-0.3, -0.25) is 4.79 Å². The third kappa shape index (κ3) is 2.76. The molecule has 0 N–H and O–H groups in total. The molecule has 1 aliphatic heterocycles. The number of halogens is 1. The van der Waals surface area contributed by atoms with Crippen LogP contribution < -0.4 is 0 Å². The molecule has 0 saturated carbocycles. The molecule has 6 nitrogen and oxygen atoms in total. The van der Waals surface area contributed by atoms with Crippen molar-refractivity contribution in [3.8, 4) is 0 Å². The summed E-state index contributed by atoms with van der Waals surface area (Å²) in [6.07, 6.45) is 4.85. The van der Waals surface area contributed by atoms with E-state index in [-0.39, 0.29) is 11.8 Å². The summed E-state index contributed by atoms with van der Waals surface area (Å²) in [7, 11) is 1.90. The summed E-state index contributed by atoms with van der Waals surface area (Å²) in [5.74, 6) is 0.380. The molecular formula is C14H16FN5O. The first kappa shape index (κ1) is 13.7. The standard InChI is InChI=1S/C14H16FN5O/c1-19-9-17-18-13(19)11-3-2-6-20(8-11)14(21)10-4-5-12(15)16-7-10/h4-5,7,9,11H,2-3,6,8H2,1H3. The second-order valence-electron chi connectivity index (χ2n) is 5.26. The molecular weight excluding hydrogens is 273 g/mol. The van der Waals surface area contributed by atoms with Crippen molar-refractivity contribution in [3.63, 3.8) is 0 Å². The van der Waals surface area contributed by atoms with Crippen molar-refractivity contribution in [3.05, 3.63) is 42.0 Å². The van der Waals surface area contributed by atoms with Gasteiger partial charge in [-0.25, -0.2) is 4.98 Å². The third-order valence-electron chi connectivity index (χ3n) is 3.79. The highest BCUT2D eigenvalue weighted by atomic mass is 19.1. The summed E-state index contributed by atoms with van der Waals surface area (Å²) < 4.78 is 14.7. The van der Waals surface area contributed by atoms with Crippen LogP contribution in [0.3, 0.4) is 0 Å². The van der Waals surface area contributed by atoms with Crippen molar-refractivity contribution >= 4 is 5.91 Å². The fourth-order valence-corrected chi connectivity index (χ4v) is 2.72. The molecule has 0 radical (unpaired) electrons. The number of aryl methyl sites for hydroxylation is 1. The van der Waals surface area contributed by atoms with Crippen molar-refractivity contribution in [2.75, 3.05) is 13.1 Å². The lowest BCUT2D eigenvalue weighted by molar-refractivity contribution is 0.0703. The molecule has 0 bridgehead atoms. The Morgan fingerprint density at radius 2 is 2.29 bits per heavy atom. The number of likely N-dealkylation sites (tertiary alicyclic amines) is 1. The Kier molecular flexibility index (Phi) is 3.64. The Balaban J connectivity index is 1.75. The quantitative estimate of drug-likeness (QED) is 0.783. The van der Waals surface area contributed by atoms with E-state index in [9.17, 15) is 9.18 Å². The van der Waals surface area contributed by atoms with Gasteiger partial charge < -0.3 is 9.47 Å². The van der Waals surface area contributed by atoms with E-state index in [0.29, 0.717) is 18.7 Å². The smallest absolute Gasteiger partial charge is 0.255 e. The number of hydrogen-bond donors (Lipinski definition) is 0. The number of hydrogen-bond acceptors (Lipinski definition) is 4. The van der Waals surface area contributed by atoms with Crippen LogP contribution in [-0.2, 0) is 7.05 Å². The van der Waals surface area contributed by atoms with Crippen LogP contribution in [0, 0.1) is 5.95 Å². The normalized spacial score (nSPS) is 18.8. The Morgan fingerprint density at radius 1 is 1.43 bits per heavy atom. The fourth-order valence-electron chi connectivity index (χ4n) is 2.72. The first-order chi connectivity index (χ1) is 10.1. The van der Waals surface area contributed by atoms with Crippen LogP contribution in [0.1, 0.15) is 34.9 Å². The zero-order chi connectivity index (χ0) is 14.8. The molecule has 21 heavy (non-hydrogen) atoms. The van der Waals surface area contributed by atoms with Gasteiger partial charge in [0.05, 0.1) is 5.56 Å². The summed E-state index contributed by atoms with van der Waals surface area (Å²) in [6.45, 7) is 1.30. The number of piperidine rings is 1. The van der Waals surface area contributed by atoms with Crippen LogP contribution >= 0.6 is 0 Å². The van der Waals surface area contributed by atoms with Crippen molar-refractivity contribution in [2.45, 2.75) is 18.8 Å². The molecule has 110 valence electrons. The lowest BCUT2D eigenvalue weighted by Gasteiger charge is -2.32. The highest BCUT2D eigenvalue weighted by Gasteiger charge is 2.28. The Morgan fingerprint density at radius 3 is 2.95 bits per heavy atom. The molecule has 2 aromatic rings. The number of carbonyl (C=O) groups is 1. The van der Waals surface area contributed by atoms with Crippen LogP contribution in [0.15, 0.2) is 24.7 Å². The van der Waals surface area contributed by atoms with E-state index in [4.69, 9.17) is 0 Å². The molecule has 1 fully saturated rings. The van der Waals surface area contributed by atoms with Crippen LogP contribution in [0.25, 0.3) is 0 Å². The summed E-state index contributed by atoms with van der Waals surface area (Å²) in [5, 5.41) is 8.02. The summed E-state index contributed by atoms with van der Waals surface area (Å²) in [6, 6.07) is 2.67. The van der Waals surface area contributed by atoms with Crippen molar-refractivity contribution in [1.29, 1.82) is 0 Å². The van der Waals surface area contributed by atoms with Crippen molar-refractivity contribution < 1.29 is 9.18 Å². The van der Waals surface area contributed by atoms with Gasteiger partial charge in [0.2, 0.25) is 5.95 Å². The maximum Gasteiger partial charge on any atom is 0.255 e. The molecule has 3 rings (SSSR count). The summed E-state index contributed by atoms with van der Waals surface area (Å²) in [4.78, 5) is 17.7. The van der Waals surface area contributed by atoms with Gasteiger partial charge in [0, 0.05) is 32.3 Å². The fraction of sp³-hybridized carbons (Fsp3) is 0.429. The monoisotopic (exact) mass is 289 g/mol. The average Bonchev–Trinajstić information content (AvgIpc) is 2.94. The Labute approximate surface area is 121 Å². The van der Waals surface area contributed by atoms with Gasteiger partial charge >= 0.3 is 0 Å². The zero-order valence-corrected chi connectivity index (χ0v) is 11.7. The molecule has 1 aliphatic rings. The maximum atomic E-state index is 12.8. The molecule has 7 heteroatoms. The number of nitrogens with zero attached hydrogens (tertiary/aromatic N) is 5. The highest BCUT2D eigenvalue weighted by molar-refractivity contribution is 5.94. The summed E-state index contributed by atoms with van der Waals surface area (Å²) >= 11 is 0.